The molecule has 0 aliphatic carbocycles. The van der Waals surface area contributed by atoms with Gasteiger partial charge in [-0.3, -0.25) is 4.57 Å². The van der Waals surface area contributed by atoms with E-state index in [1.807, 2.05) is 31.2 Å². The van der Waals surface area contributed by atoms with Crippen LogP contribution in [0.3, 0.4) is 0 Å². The summed E-state index contributed by atoms with van der Waals surface area (Å²) in [7, 11) is 1.58. The van der Waals surface area contributed by atoms with E-state index >= 15 is 0 Å². The van der Waals surface area contributed by atoms with Crippen molar-refractivity contribution >= 4 is 11.8 Å². The summed E-state index contributed by atoms with van der Waals surface area (Å²) in [5.41, 5.74) is 1.32. The second-order valence-corrected chi connectivity index (χ2v) is 6.70. The average molecular weight is 378 g/mol. The number of benzene rings is 2. The van der Waals surface area contributed by atoms with E-state index in [1.165, 1.54) is 17.8 Å². The predicted molar refractivity (Wildman–Crippen MR) is 97.0 cm³/mol. The second kappa shape index (κ2) is 7.45. The highest BCUT2D eigenvalue weighted by Gasteiger charge is 2.31. The number of aromatic nitrogens is 2. The molecule has 3 rings (SSSR count). The van der Waals surface area contributed by atoms with E-state index in [1.54, 1.807) is 23.9 Å². The lowest BCUT2D eigenvalue weighted by Gasteiger charge is -2.14. The maximum atomic E-state index is 13.1. The first-order valence-electron chi connectivity index (χ1n) is 7.96. The standard InChI is InChI=1S/C19H17F3N2OS/c1-3-26-18-23-12-17(13-7-9-16(25-2)10-8-13)24(18)15-6-4-5-14(11-15)19(20,21)22/h4-12H,3H2,1-2H3. The van der Waals surface area contributed by atoms with Crippen LogP contribution in [0.1, 0.15) is 12.5 Å². The molecule has 0 aliphatic rings. The summed E-state index contributed by atoms with van der Waals surface area (Å²) < 4.78 is 46.3. The summed E-state index contributed by atoms with van der Waals surface area (Å²) in [6.45, 7) is 1.98. The molecule has 0 fully saturated rings. The Morgan fingerprint density at radius 2 is 1.85 bits per heavy atom. The van der Waals surface area contributed by atoms with E-state index < -0.39 is 11.7 Å². The van der Waals surface area contributed by atoms with Crippen molar-refractivity contribution in [1.29, 1.82) is 0 Å². The monoisotopic (exact) mass is 378 g/mol. The summed E-state index contributed by atoms with van der Waals surface area (Å²) in [4.78, 5) is 4.41. The Bertz CT molecular complexity index is 889. The van der Waals surface area contributed by atoms with Gasteiger partial charge in [0.15, 0.2) is 5.16 Å². The molecule has 3 nitrogen and oxygen atoms in total. The van der Waals surface area contributed by atoms with E-state index in [2.05, 4.69) is 4.98 Å². The van der Waals surface area contributed by atoms with Gasteiger partial charge < -0.3 is 4.74 Å². The van der Waals surface area contributed by atoms with Crippen LogP contribution in [0.25, 0.3) is 16.9 Å². The molecule has 3 aromatic rings. The third kappa shape index (κ3) is 3.72. The number of nitrogens with zero attached hydrogens (tertiary/aromatic N) is 2. The van der Waals surface area contributed by atoms with Crippen molar-refractivity contribution in [2.75, 3.05) is 12.9 Å². The molecule has 26 heavy (non-hydrogen) atoms. The van der Waals surface area contributed by atoms with Crippen molar-refractivity contribution < 1.29 is 17.9 Å². The van der Waals surface area contributed by atoms with E-state index in [4.69, 9.17) is 4.74 Å². The number of methoxy groups -OCH3 is 1. The summed E-state index contributed by atoms with van der Waals surface area (Å²) in [6, 6.07) is 12.6. The van der Waals surface area contributed by atoms with E-state index in [9.17, 15) is 13.2 Å². The minimum Gasteiger partial charge on any atom is -0.497 e. The molecule has 0 N–H and O–H groups in total. The first kappa shape index (κ1) is 18.4. The van der Waals surface area contributed by atoms with Crippen molar-refractivity contribution in [3.05, 3.63) is 60.3 Å². The van der Waals surface area contributed by atoms with Gasteiger partial charge in [0, 0.05) is 11.3 Å². The zero-order valence-electron chi connectivity index (χ0n) is 14.2. The molecule has 1 aromatic heterocycles. The summed E-state index contributed by atoms with van der Waals surface area (Å²) >= 11 is 1.48. The highest BCUT2D eigenvalue weighted by Crippen LogP contribution is 2.34. The highest BCUT2D eigenvalue weighted by atomic mass is 32.2. The molecule has 1 heterocycles. The van der Waals surface area contributed by atoms with Crippen molar-refractivity contribution in [3.8, 4) is 22.7 Å². The van der Waals surface area contributed by atoms with Crippen LogP contribution in [0, 0.1) is 0 Å². The molecule has 2 aromatic carbocycles. The number of alkyl halides is 3. The van der Waals surface area contributed by atoms with Crippen LogP contribution in [0.4, 0.5) is 13.2 Å². The number of rotatable bonds is 5. The summed E-state index contributed by atoms with van der Waals surface area (Å²) in [6.07, 6.45) is -2.71. The molecule has 0 saturated carbocycles. The summed E-state index contributed by atoms with van der Waals surface area (Å²) in [5.74, 6) is 1.47. The fourth-order valence-electron chi connectivity index (χ4n) is 2.60. The van der Waals surface area contributed by atoms with Crippen LogP contribution in [-0.4, -0.2) is 22.4 Å². The van der Waals surface area contributed by atoms with Gasteiger partial charge in [-0.25, -0.2) is 4.98 Å². The van der Waals surface area contributed by atoms with Crippen LogP contribution in [0.2, 0.25) is 0 Å². The molecule has 0 amide bonds. The molecule has 0 bridgehead atoms. The van der Waals surface area contributed by atoms with Crippen LogP contribution < -0.4 is 4.74 Å². The SMILES string of the molecule is CCSc1ncc(-c2ccc(OC)cc2)n1-c1cccc(C(F)(F)F)c1. The molecule has 0 aliphatic heterocycles. The Labute approximate surface area is 153 Å². The fraction of sp³-hybridized carbons (Fsp3) is 0.211. The van der Waals surface area contributed by atoms with Gasteiger partial charge in [-0.15, -0.1) is 0 Å². The number of ether oxygens (including phenoxy) is 1. The third-order valence-corrected chi connectivity index (χ3v) is 4.66. The second-order valence-electron chi connectivity index (χ2n) is 5.47. The molecular weight excluding hydrogens is 361 g/mol. The molecule has 0 radical (unpaired) electrons. The highest BCUT2D eigenvalue weighted by molar-refractivity contribution is 7.99. The van der Waals surface area contributed by atoms with E-state index in [0.717, 1.165) is 29.1 Å². The lowest BCUT2D eigenvalue weighted by Crippen LogP contribution is -2.07. The van der Waals surface area contributed by atoms with E-state index in [0.29, 0.717) is 16.6 Å². The lowest BCUT2D eigenvalue weighted by atomic mass is 10.1. The maximum Gasteiger partial charge on any atom is 0.416 e. The fourth-order valence-corrected chi connectivity index (χ4v) is 3.32. The zero-order valence-corrected chi connectivity index (χ0v) is 15.1. The van der Waals surface area contributed by atoms with Gasteiger partial charge in [0.1, 0.15) is 5.75 Å². The Hall–Kier alpha value is -2.41. The molecule has 0 saturated heterocycles. The first-order chi connectivity index (χ1) is 12.4. The average Bonchev–Trinajstić information content (AvgIpc) is 3.05. The maximum absolute atomic E-state index is 13.1. The minimum absolute atomic E-state index is 0.430. The summed E-state index contributed by atoms with van der Waals surface area (Å²) in [5, 5.41) is 0.651. The Kier molecular flexibility index (Phi) is 5.27. The molecular formula is C19H17F3N2OS. The zero-order chi connectivity index (χ0) is 18.7. The smallest absolute Gasteiger partial charge is 0.416 e. The number of imidazole rings is 1. The van der Waals surface area contributed by atoms with Crippen LogP contribution in [0.15, 0.2) is 59.9 Å². The van der Waals surface area contributed by atoms with Gasteiger partial charge in [-0.1, -0.05) is 24.8 Å². The molecule has 0 unspecified atom stereocenters. The normalized spacial score (nSPS) is 11.6. The number of hydrogen-bond donors (Lipinski definition) is 0. The Balaban J connectivity index is 2.14. The minimum atomic E-state index is -4.39. The van der Waals surface area contributed by atoms with Crippen molar-refractivity contribution in [2.24, 2.45) is 0 Å². The largest absolute Gasteiger partial charge is 0.497 e. The van der Waals surface area contributed by atoms with Gasteiger partial charge in [0.25, 0.3) is 0 Å². The molecule has 7 heteroatoms. The number of hydrogen-bond acceptors (Lipinski definition) is 3. The van der Waals surface area contributed by atoms with Gasteiger partial charge >= 0.3 is 6.18 Å². The Morgan fingerprint density at radius 1 is 1.12 bits per heavy atom. The molecule has 136 valence electrons. The van der Waals surface area contributed by atoms with E-state index in [-0.39, 0.29) is 0 Å². The first-order valence-corrected chi connectivity index (χ1v) is 8.95. The van der Waals surface area contributed by atoms with Gasteiger partial charge in [0.05, 0.1) is 24.6 Å². The van der Waals surface area contributed by atoms with Crippen LogP contribution >= 0.6 is 11.8 Å². The van der Waals surface area contributed by atoms with Crippen LogP contribution in [-0.2, 0) is 6.18 Å². The number of halogens is 3. The number of thioether (sulfide) groups is 1. The van der Waals surface area contributed by atoms with Crippen LogP contribution in [0.5, 0.6) is 5.75 Å². The lowest BCUT2D eigenvalue weighted by molar-refractivity contribution is -0.137. The van der Waals surface area contributed by atoms with Gasteiger partial charge in [-0.05, 0) is 48.2 Å². The molecule has 0 atom stereocenters. The van der Waals surface area contributed by atoms with Crippen molar-refractivity contribution in [2.45, 2.75) is 18.3 Å². The Morgan fingerprint density at radius 3 is 2.46 bits per heavy atom. The van der Waals surface area contributed by atoms with Gasteiger partial charge in [-0.2, -0.15) is 13.2 Å². The van der Waals surface area contributed by atoms with Crippen molar-refractivity contribution in [3.63, 3.8) is 0 Å². The quantitative estimate of drug-likeness (QED) is 0.535. The topological polar surface area (TPSA) is 27.1 Å². The van der Waals surface area contributed by atoms with Gasteiger partial charge in [0.2, 0.25) is 0 Å². The van der Waals surface area contributed by atoms with Crippen molar-refractivity contribution in [1.82, 2.24) is 9.55 Å². The third-order valence-electron chi connectivity index (χ3n) is 3.82. The molecule has 0 spiro atoms. The predicted octanol–water partition coefficient (Wildman–Crippen LogP) is 5.68.